The predicted molar refractivity (Wildman–Crippen MR) is 60.2 cm³/mol. The highest BCUT2D eigenvalue weighted by Crippen LogP contribution is 2.24. The molecule has 2 aromatic rings. The van der Waals surface area contributed by atoms with Crippen molar-refractivity contribution in [2.75, 3.05) is 0 Å². The summed E-state index contributed by atoms with van der Waals surface area (Å²) in [5, 5.41) is 17.5. The highest BCUT2D eigenvalue weighted by Gasteiger charge is 2.13. The maximum atomic E-state index is 13.1. The topological polar surface area (TPSA) is 96.1 Å². The third kappa shape index (κ3) is 2.81. The van der Waals surface area contributed by atoms with Gasteiger partial charge in [0.1, 0.15) is 23.2 Å². The van der Waals surface area contributed by atoms with E-state index in [-0.39, 0.29) is 22.9 Å². The molecule has 2 rings (SSSR count). The number of carbonyl (C=O) groups is 1. The second-order valence-electron chi connectivity index (χ2n) is 3.40. The maximum Gasteiger partial charge on any atom is 0.339 e. The Hall–Kier alpha value is -3.01. The monoisotopic (exact) mass is 259 g/mol. The summed E-state index contributed by atoms with van der Waals surface area (Å²) in [5.41, 5.74) is -0.113. The van der Waals surface area contributed by atoms with Gasteiger partial charge in [-0.2, -0.15) is 5.26 Å². The average Bonchev–Trinajstić information content (AvgIpc) is 2.39. The number of nitriles is 1. The lowest BCUT2D eigenvalue weighted by atomic mass is 10.2. The Balaban J connectivity index is 2.34. The molecule has 0 atom stereocenters. The van der Waals surface area contributed by atoms with Crippen LogP contribution in [-0.4, -0.2) is 21.0 Å². The first-order chi connectivity index (χ1) is 9.10. The number of halogens is 1. The Labute approximate surface area is 106 Å². The van der Waals surface area contributed by atoms with Crippen LogP contribution in [0.2, 0.25) is 0 Å². The fourth-order valence-electron chi connectivity index (χ4n) is 1.30. The van der Waals surface area contributed by atoms with Crippen LogP contribution in [0.25, 0.3) is 0 Å². The van der Waals surface area contributed by atoms with Crippen molar-refractivity contribution in [3.05, 3.63) is 47.7 Å². The van der Waals surface area contributed by atoms with Crippen LogP contribution in [0.15, 0.2) is 30.6 Å². The van der Waals surface area contributed by atoms with Gasteiger partial charge in [0.05, 0.1) is 12.4 Å². The lowest BCUT2D eigenvalue weighted by molar-refractivity contribution is 0.0694. The number of benzene rings is 1. The third-order valence-corrected chi connectivity index (χ3v) is 2.13. The van der Waals surface area contributed by atoms with Gasteiger partial charge in [0.25, 0.3) is 0 Å². The van der Waals surface area contributed by atoms with Crippen molar-refractivity contribution in [2.45, 2.75) is 0 Å². The molecule has 0 unspecified atom stereocenters. The Bertz CT molecular complexity index is 665. The Morgan fingerprint density at radius 3 is 2.74 bits per heavy atom. The van der Waals surface area contributed by atoms with Gasteiger partial charge in [0, 0.05) is 6.07 Å². The minimum Gasteiger partial charge on any atom is -0.478 e. The minimum atomic E-state index is -1.25. The summed E-state index contributed by atoms with van der Waals surface area (Å²) in [6.07, 6.45) is 2.31. The molecule has 1 N–H and O–H groups in total. The molecule has 7 heteroatoms. The van der Waals surface area contributed by atoms with E-state index >= 15 is 0 Å². The zero-order valence-corrected chi connectivity index (χ0v) is 9.37. The van der Waals surface area contributed by atoms with Crippen LogP contribution < -0.4 is 4.74 Å². The second-order valence-corrected chi connectivity index (χ2v) is 3.40. The first-order valence-electron chi connectivity index (χ1n) is 5.03. The second kappa shape index (κ2) is 5.10. The molecule has 0 fully saturated rings. The SMILES string of the molecule is N#Cc1cnc(Oc2cc(F)ccc2C(=O)O)cn1. The van der Waals surface area contributed by atoms with Crippen LogP contribution in [0.4, 0.5) is 4.39 Å². The summed E-state index contributed by atoms with van der Waals surface area (Å²) in [7, 11) is 0. The van der Waals surface area contributed by atoms with Gasteiger partial charge in [-0.15, -0.1) is 0 Å². The van der Waals surface area contributed by atoms with Gasteiger partial charge < -0.3 is 9.84 Å². The highest BCUT2D eigenvalue weighted by molar-refractivity contribution is 5.90. The predicted octanol–water partition coefficient (Wildman–Crippen LogP) is 1.98. The molecule has 0 amide bonds. The first kappa shape index (κ1) is 12.4. The molecule has 0 aliphatic heterocycles. The van der Waals surface area contributed by atoms with Crippen molar-refractivity contribution in [1.82, 2.24) is 9.97 Å². The molecule has 0 bridgehead atoms. The summed E-state index contributed by atoms with van der Waals surface area (Å²) in [6.45, 7) is 0. The largest absolute Gasteiger partial charge is 0.478 e. The minimum absolute atomic E-state index is 0.0351. The normalized spacial score (nSPS) is 9.68. The summed E-state index contributed by atoms with van der Waals surface area (Å²) < 4.78 is 18.2. The van der Waals surface area contributed by atoms with E-state index in [1.807, 2.05) is 0 Å². The van der Waals surface area contributed by atoms with Crippen molar-refractivity contribution < 1.29 is 19.0 Å². The van der Waals surface area contributed by atoms with Crippen molar-refractivity contribution in [2.24, 2.45) is 0 Å². The Morgan fingerprint density at radius 2 is 2.16 bits per heavy atom. The number of hydrogen-bond donors (Lipinski definition) is 1. The number of hydrogen-bond acceptors (Lipinski definition) is 5. The number of ether oxygens (including phenoxy) is 1. The standard InChI is InChI=1S/C12H6FN3O3/c13-7-1-2-9(12(17)18)10(3-7)19-11-6-15-8(4-14)5-16-11/h1-3,5-6H,(H,17,18). The number of nitrogens with zero attached hydrogens (tertiary/aromatic N) is 3. The molecule has 0 spiro atoms. The van der Waals surface area contributed by atoms with E-state index in [1.54, 1.807) is 6.07 Å². The number of aromatic carboxylic acids is 1. The molecule has 0 saturated carbocycles. The molecule has 1 heterocycles. The van der Waals surface area contributed by atoms with Crippen molar-refractivity contribution in [3.63, 3.8) is 0 Å². The van der Waals surface area contributed by atoms with Crippen LogP contribution >= 0.6 is 0 Å². The average molecular weight is 259 g/mol. The van der Waals surface area contributed by atoms with Crippen LogP contribution in [0.5, 0.6) is 11.6 Å². The molecular weight excluding hydrogens is 253 g/mol. The van der Waals surface area contributed by atoms with Gasteiger partial charge in [-0.05, 0) is 12.1 Å². The molecule has 0 saturated heterocycles. The van der Waals surface area contributed by atoms with Gasteiger partial charge >= 0.3 is 5.97 Å². The van der Waals surface area contributed by atoms with Crippen molar-refractivity contribution in [3.8, 4) is 17.7 Å². The van der Waals surface area contributed by atoms with Gasteiger partial charge in [0.2, 0.25) is 5.88 Å². The molecule has 6 nitrogen and oxygen atoms in total. The van der Waals surface area contributed by atoms with Crippen LogP contribution in [0, 0.1) is 17.1 Å². The van der Waals surface area contributed by atoms with Crippen molar-refractivity contribution >= 4 is 5.97 Å². The van der Waals surface area contributed by atoms with E-state index in [1.165, 1.54) is 0 Å². The molecule has 1 aromatic heterocycles. The quantitative estimate of drug-likeness (QED) is 0.905. The fourth-order valence-corrected chi connectivity index (χ4v) is 1.30. The maximum absolute atomic E-state index is 13.1. The number of rotatable bonds is 3. The van der Waals surface area contributed by atoms with Crippen LogP contribution in [0.1, 0.15) is 16.1 Å². The summed E-state index contributed by atoms with van der Waals surface area (Å²) in [5.74, 6) is -2.11. The van der Waals surface area contributed by atoms with Gasteiger partial charge in [-0.3, -0.25) is 0 Å². The number of carboxylic acids is 1. The van der Waals surface area contributed by atoms with Gasteiger partial charge in [0.15, 0.2) is 5.69 Å². The zero-order chi connectivity index (χ0) is 13.8. The first-order valence-corrected chi connectivity index (χ1v) is 5.03. The fraction of sp³-hybridized carbons (Fsp3) is 0. The van der Waals surface area contributed by atoms with E-state index in [0.29, 0.717) is 0 Å². The Kier molecular flexibility index (Phi) is 3.34. The molecule has 0 aliphatic carbocycles. The van der Waals surface area contributed by atoms with Crippen molar-refractivity contribution in [1.29, 1.82) is 5.26 Å². The Morgan fingerprint density at radius 1 is 1.37 bits per heavy atom. The molecule has 1 aromatic carbocycles. The highest BCUT2D eigenvalue weighted by atomic mass is 19.1. The molecule has 19 heavy (non-hydrogen) atoms. The molecule has 0 radical (unpaired) electrons. The lowest BCUT2D eigenvalue weighted by Crippen LogP contribution is -2.01. The summed E-state index contributed by atoms with van der Waals surface area (Å²) in [4.78, 5) is 18.4. The van der Waals surface area contributed by atoms with E-state index in [2.05, 4.69) is 9.97 Å². The zero-order valence-electron chi connectivity index (χ0n) is 9.37. The van der Waals surface area contributed by atoms with Gasteiger partial charge in [-0.25, -0.2) is 19.2 Å². The van der Waals surface area contributed by atoms with E-state index in [4.69, 9.17) is 15.1 Å². The van der Waals surface area contributed by atoms with E-state index < -0.39 is 11.8 Å². The van der Waals surface area contributed by atoms with E-state index in [9.17, 15) is 9.18 Å². The van der Waals surface area contributed by atoms with Crippen LogP contribution in [0.3, 0.4) is 0 Å². The molecule has 94 valence electrons. The van der Waals surface area contributed by atoms with Gasteiger partial charge in [-0.1, -0.05) is 0 Å². The number of aromatic nitrogens is 2. The summed E-state index contributed by atoms with van der Waals surface area (Å²) in [6, 6.07) is 4.81. The smallest absolute Gasteiger partial charge is 0.339 e. The lowest BCUT2D eigenvalue weighted by Gasteiger charge is -2.07. The van der Waals surface area contributed by atoms with E-state index in [0.717, 1.165) is 30.6 Å². The number of carboxylic acid groups (broad SMARTS) is 1. The molecule has 0 aliphatic rings. The third-order valence-electron chi connectivity index (χ3n) is 2.13. The van der Waals surface area contributed by atoms with Crippen LogP contribution in [-0.2, 0) is 0 Å². The molecular formula is C12H6FN3O3. The summed E-state index contributed by atoms with van der Waals surface area (Å²) >= 11 is 0.